The maximum atomic E-state index is 9.10. The van der Waals surface area contributed by atoms with E-state index < -0.39 is 0 Å². The van der Waals surface area contributed by atoms with Gasteiger partial charge >= 0.3 is 0 Å². The molecule has 70 valence electrons. The lowest BCUT2D eigenvalue weighted by Gasteiger charge is -2.01. The molecule has 0 aliphatic heterocycles. The number of hydrogen-bond acceptors (Lipinski definition) is 1. The van der Waals surface area contributed by atoms with Gasteiger partial charge in [-0.25, -0.2) is 0 Å². The van der Waals surface area contributed by atoms with E-state index in [4.69, 9.17) is 5.11 Å². The second-order valence-electron chi connectivity index (χ2n) is 3.22. The van der Waals surface area contributed by atoms with Crippen LogP contribution in [0, 0.1) is 0 Å². The minimum Gasteiger partial charge on any atom is -0.508 e. The molecule has 1 N–H and O–H groups in total. The maximum absolute atomic E-state index is 9.10. The third-order valence-corrected chi connectivity index (χ3v) is 2.06. The fraction of sp³-hybridized carbons (Fsp3) is 0.333. The van der Waals surface area contributed by atoms with Gasteiger partial charge in [-0.1, -0.05) is 31.6 Å². The molecule has 0 amide bonds. The van der Waals surface area contributed by atoms with E-state index in [-0.39, 0.29) is 0 Å². The first-order valence-electron chi connectivity index (χ1n) is 4.70. The van der Waals surface area contributed by atoms with Crippen LogP contribution in [0.5, 0.6) is 5.75 Å². The van der Waals surface area contributed by atoms with Crippen molar-refractivity contribution in [2.75, 3.05) is 0 Å². The molecule has 0 saturated carbocycles. The molecule has 0 radical (unpaired) electrons. The lowest BCUT2D eigenvalue weighted by molar-refractivity contribution is 0.475. The molecule has 0 aliphatic rings. The topological polar surface area (TPSA) is 20.2 Å². The number of hydrogen-bond donors (Lipinski definition) is 1. The Kier molecular flexibility index (Phi) is 3.56. The van der Waals surface area contributed by atoms with E-state index in [1.165, 1.54) is 17.6 Å². The molecule has 0 spiro atoms. The third kappa shape index (κ3) is 2.94. The molecule has 0 aliphatic carbocycles. The Labute approximate surface area is 79.7 Å². The van der Waals surface area contributed by atoms with Crippen LogP contribution in [-0.2, 0) is 0 Å². The third-order valence-electron chi connectivity index (χ3n) is 2.06. The van der Waals surface area contributed by atoms with Crippen molar-refractivity contribution in [2.24, 2.45) is 0 Å². The molecular formula is C12H16O. The fourth-order valence-corrected chi connectivity index (χ4v) is 1.20. The first-order valence-corrected chi connectivity index (χ1v) is 4.70. The van der Waals surface area contributed by atoms with Crippen molar-refractivity contribution >= 4 is 5.57 Å². The van der Waals surface area contributed by atoms with Crippen LogP contribution in [0.25, 0.3) is 5.57 Å². The predicted octanol–water partition coefficient (Wildman–Crippen LogP) is 3.60. The van der Waals surface area contributed by atoms with Gasteiger partial charge in [-0.05, 0) is 36.6 Å². The number of allylic oxidation sites excluding steroid dienone is 2. The maximum Gasteiger partial charge on any atom is 0.115 e. The SMILES string of the molecule is CCC/C=C(\C)c1ccc(O)cc1. The van der Waals surface area contributed by atoms with E-state index in [2.05, 4.69) is 19.9 Å². The monoisotopic (exact) mass is 176 g/mol. The number of phenolic OH excluding ortho intramolecular Hbond substituents is 1. The second-order valence-corrected chi connectivity index (χ2v) is 3.22. The zero-order valence-corrected chi connectivity index (χ0v) is 8.25. The van der Waals surface area contributed by atoms with Gasteiger partial charge < -0.3 is 5.11 Å². The van der Waals surface area contributed by atoms with Gasteiger partial charge in [0, 0.05) is 0 Å². The molecule has 13 heavy (non-hydrogen) atoms. The van der Waals surface area contributed by atoms with Gasteiger partial charge in [0.1, 0.15) is 5.75 Å². The Morgan fingerprint density at radius 2 is 1.92 bits per heavy atom. The summed E-state index contributed by atoms with van der Waals surface area (Å²) in [5.74, 6) is 0.326. The molecule has 1 aromatic rings. The quantitative estimate of drug-likeness (QED) is 0.746. The zero-order chi connectivity index (χ0) is 9.68. The summed E-state index contributed by atoms with van der Waals surface area (Å²) >= 11 is 0. The first kappa shape index (κ1) is 9.85. The van der Waals surface area contributed by atoms with Crippen molar-refractivity contribution in [2.45, 2.75) is 26.7 Å². The standard InChI is InChI=1S/C12H16O/c1-3-4-5-10(2)11-6-8-12(13)9-7-11/h5-9,13H,3-4H2,1-2H3/b10-5+. The molecule has 0 aromatic heterocycles. The van der Waals surface area contributed by atoms with Crippen LogP contribution in [0.4, 0.5) is 0 Å². The number of rotatable bonds is 3. The summed E-state index contributed by atoms with van der Waals surface area (Å²) in [5.41, 5.74) is 2.47. The van der Waals surface area contributed by atoms with Crippen molar-refractivity contribution in [3.8, 4) is 5.75 Å². The molecule has 0 heterocycles. The van der Waals surface area contributed by atoms with Crippen LogP contribution >= 0.6 is 0 Å². The smallest absolute Gasteiger partial charge is 0.115 e. The summed E-state index contributed by atoms with van der Waals surface area (Å²) in [5, 5.41) is 9.10. The number of benzene rings is 1. The molecular weight excluding hydrogens is 160 g/mol. The molecule has 0 bridgehead atoms. The van der Waals surface area contributed by atoms with E-state index in [1.54, 1.807) is 12.1 Å². The molecule has 0 fully saturated rings. The van der Waals surface area contributed by atoms with Crippen LogP contribution in [-0.4, -0.2) is 5.11 Å². The zero-order valence-electron chi connectivity index (χ0n) is 8.25. The van der Waals surface area contributed by atoms with Gasteiger partial charge in [0.05, 0.1) is 0 Å². The van der Waals surface area contributed by atoms with Crippen molar-refractivity contribution in [1.82, 2.24) is 0 Å². The van der Waals surface area contributed by atoms with Crippen molar-refractivity contribution in [3.63, 3.8) is 0 Å². The van der Waals surface area contributed by atoms with Gasteiger partial charge in [0.25, 0.3) is 0 Å². The van der Waals surface area contributed by atoms with Crippen molar-refractivity contribution in [1.29, 1.82) is 0 Å². The van der Waals surface area contributed by atoms with Crippen molar-refractivity contribution < 1.29 is 5.11 Å². The summed E-state index contributed by atoms with van der Waals surface area (Å²) in [6.07, 6.45) is 4.52. The summed E-state index contributed by atoms with van der Waals surface area (Å²) in [6.45, 7) is 4.27. The molecule has 0 unspecified atom stereocenters. The molecule has 0 saturated heterocycles. The van der Waals surface area contributed by atoms with E-state index >= 15 is 0 Å². The summed E-state index contributed by atoms with van der Waals surface area (Å²) in [7, 11) is 0. The van der Waals surface area contributed by atoms with E-state index in [9.17, 15) is 0 Å². The Balaban J connectivity index is 2.77. The number of phenols is 1. The minimum absolute atomic E-state index is 0.326. The Bertz CT molecular complexity index is 282. The average molecular weight is 176 g/mol. The Hall–Kier alpha value is -1.24. The van der Waals surface area contributed by atoms with Gasteiger partial charge in [-0.15, -0.1) is 0 Å². The summed E-state index contributed by atoms with van der Waals surface area (Å²) in [6, 6.07) is 7.32. The van der Waals surface area contributed by atoms with Gasteiger partial charge in [-0.3, -0.25) is 0 Å². The second kappa shape index (κ2) is 4.70. The molecule has 1 rings (SSSR count). The Morgan fingerprint density at radius 3 is 2.46 bits per heavy atom. The summed E-state index contributed by atoms with van der Waals surface area (Å²) in [4.78, 5) is 0. The van der Waals surface area contributed by atoms with Gasteiger partial charge in [-0.2, -0.15) is 0 Å². The van der Waals surface area contributed by atoms with E-state index in [0.29, 0.717) is 5.75 Å². The molecule has 1 aromatic carbocycles. The van der Waals surface area contributed by atoms with Gasteiger partial charge in [0.2, 0.25) is 0 Å². The average Bonchev–Trinajstić information content (AvgIpc) is 2.15. The number of aromatic hydroxyl groups is 1. The minimum atomic E-state index is 0.326. The highest BCUT2D eigenvalue weighted by Crippen LogP contribution is 2.17. The molecule has 1 nitrogen and oxygen atoms in total. The molecule has 1 heteroatoms. The van der Waals surface area contributed by atoms with Crippen LogP contribution < -0.4 is 0 Å². The van der Waals surface area contributed by atoms with Crippen LogP contribution in [0.2, 0.25) is 0 Å². The highest BCUT2D eigenvalue weighted by molar-refractivity contribution is 5.63. The highest BCUT2D eigenvalue weighted by Gasteiger charge is 1.94. The van der Waals surface area contributed by atoms with Crippen LogP contribution in [0.15, 0.2) is 30.3 Å². The van der Waals surface area contributed by atoms with E-state index in [1.807, 2.05) is 12.1 Å². The fourth-order valence-electron chi connectivity index (χ4n) is 1.20. The summed E-state index contributed by atoms with van der Waals surface area (Å²) < 4.78 is 0. The largest absolute Gasteiger partial charge is 0.508 e. The van der Waals surface area contributed by atoms with Crippen molar-refractivity contribution in [3.05, 3.63) is 35.9 Å². The lowest BCUT2D eigenvalue weighted by Crippen LogP contribution is -1.78. The predicted molar refractivity (Wildman–Crippen MR) is 56.7 cm³/mol. The highest BCUT2D eigenvalue weighted by atomic mass is 16.3. The molecule has 0 atom stereocenters. The first-order chi connectivity index (χ1) is 6.24. The van der Waals surface area contributed by atoms with Crippen LogP contribution in [0.3, 0.4) is 0 Å². The van der Waals surface area contributed by atoms with Crippen LogP contribution in [0.1, 0.15) is 32.3 Å². The normalized spacial score (nSPS) is 11.7. The Morgan fingerprint density at radius 1 is 1.31 bits per heavy atom. The van der Waals surface area contributed by atoms with Gasteiger partial charge in [0.15, 0.2) is 0 Å². The number of unbranched alkanes of at least 4 members (excludes halogenated alkanes) is 1. The van der Waals surface area contributed by atoms with E-state index in [0.717, 1.165) is 6.42 Å². The lowest BCUT2D eigenvalue weighted by atomic mass is 10.1.